The number of phenolic OH excluding ortho intramolecular Hbond substituents is 1. The van der Waals surface area contributed by atoms with Crippen LogP contribution in [0, 0.1) is 0 Å². The molecule has 2 rings (SSSR count). The summed E-state index contributed by atoms with van der Waals surface area (Å²) in [6.07, 6.45) is 1.04. The van der Waals surface area contributed by atoms with E-state index in [1.165, 1.54) is 5.56 Å². The number of benzene rings is 2. The van der Waals surface area contributed by atoms with Gasteiger partial charge in [-0.3, -0.25) is 0 Å². The molecule has 1 N–H and O–H groups in total. The maximum Gasteiger partial charge on any atom is 0.122 e. The van der Waals surface area contributed by atoms with Gasteiger partial charge in [0.25, 0.3) is 0 Å². The van der Waals surface area contributed by atoms with E-state index in [2.05, 4.69) is 39.0 Å². The van der Waals surface area contributed by atoms with Crippen molar-refractivity contribution in [3.63, 3.8) is 0 Å². The molecule has 0 radical (unpaired) electrons. The Morgan fingerprint density at radius 1 is 0.895 bits per heavy atom. The van der Waals surface area contributed by atoms with Crippen molar-refractivity contribution in [1.82, 2.24) is 0 Å². The van der Waals surface area contributed by atoms with Crippen LogP contribution in [-0.2, 0) is 0 Å². The van der Waals surface area contributed by atoms with Crippen LogP contribution in [0.3, 0.4) is 0 Å². The predicted molar refractivity (Wildman–Crippen MR) is 80.8 cm³/mol. The largest absolute Gasteiger partial charge is 0.507 e. The number of aromatic hydroxyl groups is 1. The average molecular weight is 254 g/mol. The summed E-state index contributed by atoms with van der Waals surface area (Å²) in [4.78, 5) is 0. The molecule has 2 unspecified atom stereocenters. The quantitative estimate of drug-likeness (QED) is 0.808. The van der Waals surface area contributed by atoms with E-state index in [-0.39, 0.29) is 5.92 Å². The first-order valence-corrected chi connectivity index (χ1v) is 7.01. The summed E-state index contributed by atoms with van der Waals surface area (Å²) in [5, 5.41) is 10.5. The van der Waals surface area contributed by atoms with Crippen LogP contribution >= 0.6 is 0 Å². The topological polar surface area (TPSA) is 20.2 Å². The highest BCUT2D eigenvalue weighted by Crippen LogP contribution is 2.36. The third-order valence-corrected chi connectivity index (χ3v) is 4.01. The van der Waals surface area contributed by atoms with Crippen molar-refractivity contribution < 1.29 is 5.11 Å². The molecule has 2 aromatic rings. The van der Waals surface area contributed by atoms with Crippen LogP contribution in [-0.4, -0.2) is 5.11 Å². The van der Waals surface area contributed by atoms with Gasteiger partial charge in [0.1, 0.15) is 5.75 Å². The Morgan fingerprint density at radius 2 is 1.53 bits per heavy atom. The van der Waals surface area contributed by atoms with Crippen LogP contribution in [0.2, 0.25) is 0 Å². The van der Waals surface area contributed by atoms with Crippen molar-refractivity contribution in [3.8, 4) is 5.75 Å². The molecule has 0 amide bonds. The Labute approximate surface area is 115 Å². The van der Waals surface area contributed by atoms with E-state index in [4.69, 9.17) is 0 Å². The second-order valence-corrected chi connectivity index (χ2v) is 5.23. The van der Waals surface area contributed by atoms with Gasteiger partial charge < -0.3 is 5.11 Å². The van der Waals surface area contributed by atoms with Gasteiger partial charge in [-0.05, 0) is 23.5 Å². The van der Waals surface area contributed by atoms with E-state index in [9.17, 15) is 5.11 Å². The fraction of sp³-hybridized carbons (Fsp3) is 0.333. The van der Waals surface area contributed by atoms with Crippen molar-refractivity contribution in [3.05, 3.63) is 65.2 Å². The molecule has 1 heteroatoms. The fourth-order valence-electron chi connectivity index (χ4n) is 2.47. The molecule has 100 valence electrons. The molecule has 2 atom stereocenters. The fourth-order valence-corrected chi connectivity index (χ4v) is 2.47. The lowest BCUT2D eigenvalue weighted by molar-refractivity contribution is 0.453. The van der Waals surface area contributed by atoms with Crippen LogP contribution in [0.5, 0.6) is 5.75 Å². The molecule has 0 aliphatic rings. The van der Waals surface area contributed by atoms with Crippen LogP contribution in [0.15, 0.2) is 48.5 Å². The minimum absolute atomic E-state index is 0.213. The Balaban J connectivity index is 2.41. The molecule has 0 spiro atoms. The summed E-state index contributed by atoms with van der Waals surface area (Å²) in [6.45, 7) is 6.45. The second-order valence-electron chi connectivity index (χ2n) is 5.23. The Hall–Kier alpha value is -1.76. The van der Waals surface area contributed by atoms with Crippen LogP contribution in [0.25, 0.3) is 0 Å². The highest BCUT2D eigenvalue weighted by Gasteiger charge is 2.17. The number of hydrogen-bond acceptors (Lipinski definition) is 1. The van der Waals surface area contributed by atoms with E-state index in [1.54, 1.807) is 0 Å². The number of phenols is 1. The lowest BCUT2D eigenvalue weighted by Crippen LogP contribution is -2.00. The first-order valence-electron chi connectivity index (χ1n) is 7.01. The molecule has 0 bridgehead atoms. The minimum atomic E-state index is 0.213. The molecule has 0 fully saturated rings. The zero-order chi connectivity index (χ0) is 13.8. The molecule has 1 nitrogen and oxygen atoms in total. The van der Waals surface area contributed by atoms with Gasteiger partial charge in [-0.1, -0.05) is 69.3 Å². The molecule has 0 saturated heterocycles. The van der Waals surface area contributed by atoms with E-state index in [0.717, 1.165) is 17.5 Å². The van der Waals surface area contributed by atoms with Gasteiger partial charge in [0.05, 0.1) is 0 Å². The molecule has 2 aromatic carbocycles. The SMILES string of the molecule is CCC(C)c1cccc(C(C)c2ccccc2)c1O. The normalized spacial score (nSPS) is 14.1. The van der Waals surface area contributed by atoms with Crippen molar-refractivity contribution >= 4 is 0 Å². The summed E-state index contributed by atoms with van der Waals surface area (Å²) in [5.74, 6) is 1.07. The first kappa shape index (κ1) is 13.7. The molecular formula is C18H22O. The van der Waals surface area contributed by atoms with E-state index in [0.29, 0.717) is 11.7 Å². The summed E-state index contributed by atoms with van der Waals surface area (Å²) >= 11 is 0. The molecule has 19 heavy (non-hydrogen) atoms. The molecule has 0 aromatic heterocycles. The number of rotatable bonds is 4. The Kier molecular flexibility index (Phi) is 4.26. The van der Waals surface area contributed by atoms with Gasteiger partial charge in [-0.15, -0.1) is 0 Å². The van der Waals surface area contributed by atoms with Crippen molar-refractivity contribution in [2.75, 3.05) is 0 Å². The molecule has 0 heterocycles. The van der Waals surface area contributed by atoms with Gasteiger partial charge >= 0.3 is 0 Å². The lowest BCUT2D eigenvalue weighted by atomic mass is 9.88. The van der Waals surface area contributed by atoms with Crippen molar-refractivity contribution in [2.24, 2.45) is 0 Å². The zero-order valence-electron chi connectivity index (χ0n) is 11.9. The smallest absolute Gasteiger partial charge is 0.122 e. The monoisotopic (exact) mass is 254 g/mol. The van der Waals surface area contributed by atoms with Crippen molar-refractivity contribution in [1.29, 1.82) is 0 Å². The summed E-state index contributed by atoms with van der Waals surface area (Å²) in [5.41, 5.74) is 3.31. The minimum Gasteiger partial charge on any atom is -0.507 e. The average Bonchev–Trinajstić information content (AvgIpc) is 2.47. The summed E-state index contributed by atoms with van der Waals surface area (Å²) < 4.78 is 0. The Morgan fingerprint density at radius 3 is 2.16 bits per heavy atom. The molecular weight excluding hydrogens is 232 g/mol. The second kappa shape index (κ2) is 5.92. The van der Waals surface area contributed by atoms with Crippen molar-refractivity contribution in [2.45, 2.75) is 39.0 Å². The number of para-hydroxylation sites is 1. The van der Waals surface area contributed by atoms with E-state index in [1.807, 2.05) is 30.3 Å². The standard InChI is InChI=1S/C18H22O/c1-4-13(2)16-11-8-12-17(18(16)19)14(3)15-9-6-5-7-10-15/h5-14,19H,4H2,1-3H3. The van der Waals surface area contributed by atoms with Gasteiger partial charge in [0, 0.05) is 11.5 Å². The maximum absolute atomic E-state index is 10.5. The van der Waals surface area contributed by atoms with Gasteiger partial charge in [-0.2, -0.15) is 0 Å². The third kappa shape index (κ3) is 2.81. The van der Waals surface area contributed by atoms with Crippen LogP contribution in [0.4, 0.5) is 0 Å². The van der Waals surface area contributed by atoms with Gasteiger partial charge in [0.2, 0.25) is 0 Å². The van der Waals surface area contributed by atoms with E-state index < -0.39 is 0 Å². The zero-order valence-corrected chi connectivity index (χ0v) is 11.9. The molecule has 0 aliphatic carbocycles. The number of hydrogen-bond donors (Lipinski definition) is 1. The van der Waals surface area contributed by atoms with E-state index >= 15 is 0 Å². The lowest BCUT2D eigenvalue weighted by Gasteiger charge is -2.18. The summed E-state index contributed by atoms with van der Waals surface area (Å²) in [7, 11) is 0. The van der Waals surface area contributed by atoms with Gasteiger partial charge in [-0.25, -0.2) is 0 Å². The third-order valence-electron chi connectivity index (χ3n) is 4.01. The molecule has 0 aliphatic heterocycles. The maximum atomic E-state index is 10.5. The molecule has 0 saturated carbocycles. The van der Waals surface area contributed by atoms with Crippen LogP contribution < -0.4 is 0 Å². The highest BCUT2D eigenvalue weighted by atomic mass is 16.3. The van der Waals surface area contributed by atoms with Crippen LogP contribution in [0.1, 0.15) is 55.7 Å². The highest BCUT2D eigenvalue weighted by molar-refractivity contribution is 5.47. The Bertz CT molecular complexity index is 531. The first-order chi connectivity index (χ1) is 9.15. The van der Waals surface area contributed by atoms with Gasteiger partial charge in [0.15, 0.2) is 0 Å². The summed E-state index contributed by atoms with van der Waals surface area (Å²) in [6, 6.07) is 16.4. The predicted octanol–water partition coefficient (Wildman–Crippen LogP) is 5.06.